The van der Waals surface area contributed by atoms with E-state index in [4.69, 9.17) is 0 Å². The molecule has 0 saturated carbocycles. The van der Waals surface area contributed by atoms with Crippen molar-refractivity contribution in [3.63, 3.8) is 0 Å². The summed E-state index contributed by atoms with van der Waals surface area (Å²) >= 11 is 0. The van der Waals surface area contributed by atoms with Crippen molar-refractivity contribution >= 4 is 11.8 Å². The normalized spacial score (nSPS) is 19.1. The lowest BCUT2D eigenvalue weighted by atomic mass is 9.89. The molecule has 6 heteroatoms. The molecule has 1 aromatic heterocycles. The minimum atomic E-state index is -0.634. The van der Waals surface area contributed by atoms with E-state index in [1.807, 2.05) is 65.4 Å². The first-order chi connectivity index (χ1) is 13.7. The van der Waals surface area contributed by atoms with Crippen LogP contribution < -0.4 is 10.6 Å². The fourth-order valence-corrected chi connectivity index (χ4v) is 3.50. The summed E-state index contributed by atoms with van der Waals surface area (Å²) < 4.78 is 1.91. The number of rotatable bonds is 5. The SMILES string of the molecule is O=C(NCc1ccc(-n2ccnc2)cc1)C1CCC(c2ccccc2)NC1=O. The third-order valence-electron chi connectivity index (χ3n) is 5.10. The van der Waals surface area contributed by atoms with Crippen molar-refractivity contribution in [2.24, 2.45) is 5.92 Å². The third-order valence-corrected chi connectivity index (χ3v) is 5.10. The minimum Gasteiger partial charge on any atom is -0.351 e. The maximum atomic E-state index is 12.5. The molecule has 1 fully saturated rings. The van der Waals surface area contributed by atoms with Crippen LogP contribution in [-0.4, -0.2) is 21.4 Å². The third kappa shape index (κ3) is 3.96. The number of amides is 2. The number of benzene rings is 2. The number of nitrogens with one attached hydrogen (secondary N) is 2. The van der Waals surface area contributed by atoms with Crippen molar-refractivity contribution in [2.45, 2.75) is 25.4 Å². The highest BCUT2D eigenvalue weighted by Gasteiger charge is 2.33. The van der Waals surface area contributed by atoms with Crippen LogP contribution in [0.25, 0.3) is 5.69 Å². The van der Waals surface area contributed by atoms with Gasteiger partial charge in [-0.1, -0.05) is 42.5 Å². The van der Waals surface area contributed by atoms with Gasteiger partial charge in [0.2, 0.25) is 11.8 Å². The zero-order valence-corrected chi connectivity index (χ0v) is 15.4. The summed E-state index contributed by atoms with van der Waals surface area (Å²) in [5.41, 5.74) is 3.06. The van der Waals surface area contributed by atoms with Gasteiger partial charge in [-0.15, -0.1) is 0 Å². The number of aromatic nitrogens is 2. The van der Waals surface area contributed by atoms with E-state index in [-0.39, 0.29) is 17.9 Å². The van der Waals surface area contributed by atoms with Gasteiger partial charge in [0.25, 0.3) is 0 Å². The second-order valence-corrected chi connectivity index (χ2v) is 6.96. The van der Waals surface area contributed by atoms with E-state index in [1.165, 1.54) is 0 Å². The Morgan fingerprint density at radius 1 is 1.11 bits per heavy atom. The van der Waals surface area contributed by atoms with Crippen LogP contribution in [0.2, 0.25) is 0 Å². The summed E-state index contributed by atoms with van der Waals surface area (Å²) in [5.74, 6) is -1.05. The van der Waals surface area contributed by atoms with Crippen LogP contribution in [0.3, 0.4) is 0 Å². The Kier molecular flexibility index (Phi) is 5.19. The van der Waals surface area contributed by atoms with Gasteiger partial charge < -0.3 is 15.2 Å². The molecule has 0 spiro atoms. The highest BCUT2D eigenvalue weighted by atomic mass is 16.2. The Morgan fingerprint density at radius 2 is 1.89 bits per heavy atom. The zero-order chi connectivity index (χ0) is 19.3. The maximum absolute atomic E-state index is 12.5. The monoisotopic (exact) mass is 374 g/mol. The molecule has 3 aromatic rings. The quantitative estimate of drug-likeness (QED) is 0.674. The van der Waals surface area contributed by atoms with E-state index in [2.05, 4.69) is 15.6 Å². The molecule has 2 heterocycles. The van der Waals surface area contributed by atoms with Crippen molar-refractivity contribution in [1.29, 1.82) is 0 Å². The van der Waals surface area contributed by atoms with E-state index < -0.39 is 5.92 Å². The van der Waals surface area contributed by atoms with Crippen molar-refractivity contribution in [1.82, 2.24) is 20.2 Å². The number of carbonyl (C=O) groups is 2. The number of imidazole rings is 1. The molecular weight excluding hydrogens is 352 g/mol. The molecule has 6 nitrogen and oxygen atoms in total. The summed E-state index contributed by atoms with van der Waals surface area (Å²) in [6.07, 6.45) is 6.65. The molecule has 1 aliphatic rings. The van der Waals surface area contributed by atoms with Gasteiger partial charge in [0, 0.05) is 24.6 Å². The average molecular weight is 374 g/mol. The van der Waals surface area contributed by atoms with E-state index in [0.717, 1.165) is 23.2 Å². The number of nitrogens with zero attached hydrogens (tertiary/aromatic N) is 2. The largest absolute Gasteiger partial charge is 0.351 e. The second-order valence-electron chi connectivity index (χ2n) is 6.96. The highest BCUT2D eigenvalue weighted by Crippen LogP contribution is 2.26. The second kappa shape index (κ2) is 8.08. The lowest BCUT2D eigenvalue weighted by Gasteiger charge is -2.28. The van der Waals surface area contributed by atoms with Crippen molar-refractivity contribution < 1.29 is 9.59 Å². The molecule has 28 heavy (non-hydrogen) atoms. The summed E-state index contributed by atoms with van der Waals surface area (Å²) in [5, 5.41) is 5.87. The Labute approximate surface area is 163 Å². The molecule has 142 valence electrons. The van der Waals surface area contributed by atoms with E-state index in [0.29, 0.717) is 13.0 Å². The van der Waals surface area contributed by atoms with Crippen LogP contribution in [-0.2, 0) is 16.1 Å². The van der Waals surface area contributed by atoms with E-state index in [1.54, 1.807) is 12.5 Å². The molecular formula is C22H22N4O2. The van der Waals surface area contributed by atoms with Crippen LogP contribution in [0.4, 0.5) is 0 Å². The molecule has 2 N–H and O–H groups in total. The molecule has 2 atom stereocenters. The van der Waals surface area contributed by atoms with Gasteiger partial charge >= 0.3 is 0 Å². The molecule has 1 aliphatic heterocycles. The highest BCUT2D eigenvalue weighted by molar-refractivity contribution is 6.00. The topological polar surface area (TPSA) is 76.0 Å². The summed E-state index contributed by atoms with van der Waals surface area (Å²) in [6.45, 7) is 0.398. The number of piperidine rings is 1. The Hall–Kier alpha value is -3.41. The van der Waals surface area contributed by atoms with Crippen LogP contribution in [0, 0.1) is 5.92 Å². The zero-order valence-electron chi connectivity index (χ0n) is 15.4. The molecule has 2 aromatic carbocycles. The van der Waals surface area contributed by atoms with E-state index >= 15 is 0 Å². The molecule has 1 saturated heterocycles. The standard InChI is InChI=1S/C22H22N4O2/c27-21(19-10-11-20(25-22(19)28)17-4-2-1-3-5-17)24-14-16-6-8-18(9-7-16)26-13-12-23-15-26/h1-9,12-13,15,19-20H,10-11,14H2,(H,24,27)(H,25,28). The van der Waals surface area contributed by atoms with Crippen LogP contribution in [0.5, 0.6) is 0 Å². The molecule has 2 unspecified atom stereocenters. The first kappa shape index (κ1) is 18.0. The lowest BCUT2D eigenvalue weighted by molar-refractivity contribution is -0.137. The van der Waals surface area contributed by atoms with Crippen molar-refractivity contribution in [3.8, 4) is 5.69 Å². The van der Waals surface area contributed by atoms with Crippen LogP contribution >= 0.6 is 0 Å². The predicted octanol–water partition coefficient (Wildman–Crippen LogP) is 2.76. The van der Waals surface area contributed by atoms with Crippen LogP contribution in [0.15, 0.2) is 73.3 Å². The Balaban J connectivity index is 1.31. The maximum Gasteiger partial charge on any atom is 0.233 e. The summed E-state index contributed by atoms with van der Waals surface area (Å²) in [7, 11) is 0. The Morgan fingerprint density at radius 3 is 2.57 bits per heavy atom. The average Bonchev–Trinajstić information content (AvgIpc) is 3.28. The molecule has 4 rings (SSSR count). The van der Waals surface area contributed by atoms with Crippen molar-refractivity contribution in [2.75, 3.05) is 0 Å². The molecule has 2 amide bonds. The number of hydrogen-bond donors (Lipinski definition) is 2. The molecule has 0 radical (unpaired) electrons. The number of carbonyl (C=O) groups excluding carboxylic acids is 2. The minimum absolute atomic E-state index is 0.0199. The van der Waals surface area contributed by atoms with Gasteiger partial charge in [-0.25, -0.2) is 4.98 Å². The van der Waals surface area contributed by atoms with Gasteiger partial charge in [0.05, 0.1) is 12.4 Å². The lowest BCUT2D eigenvalue weighted by Crippen LogP contribution is -2.46. The molecule has 0 bridgehead atoms. The fourth-order valence-electron chi connectivity index (χ4n) is 3.50. The number of hydrogen-bond acceptors (Lipinski definition) is 3. The van der Waals surface area contributed by atoms with Gasteiger partial charge in [0.15, 0.2) is 0 Å². The fraction of sp³-hybridized carbons (Fsp3) is 0.227. The molecule has 0 aliphatic carbocycles. The van der Waals surface area contributed by atoms with Crippen molar-refractivity contribution in [3.05, 3.63) is 84.4 Å². The predicted molar refractivity (Wildman–Crippen MR) is 105 cm³/mol. The summed E-state index contributed by atoms with van der Waals surface area (Å²) in [4.78, 5) is 29.0. The van der Waals surface area contributed by atoms with Crippen LogP contribution in [0.1, 0.15) is 30.0 Å². The van der Waals surface area contributed by atoms with Gasteiger partial charge in [-0.3, -0.25) is 9.59 Å². The Bertz CT molecular complexity index is 936. The first-order valence-electron chi connectivity index (χ1n) is 9.41. The smallest absolute Gasteiger partial charge is 0.233 e. The first-order valence-corrected chi connectivity index (χ1v) is 9.41. The van der Waals surface area contributed by atoms with E-state index in [9.17, 15) is 9.59 Å². The van der Waals surface area contributed by atoms with Gasteiger partial charge in [-0.05, 0) is 36.1 Å². The van der Waals surface area contributed by atoms with Gasteiger partial charge in [0.1, 0.15) is 5.92 Å². The van der Waals surface area contributed by atoms with Gasteiger partial charge in [-0.2, -0.15) is 0 Å². The summed E-state index contributed by atoms with van der Waals surface area (Å²) in [6, 6.07) is 17.7.